The molecular weight excluding hydrogens is 270 g/mol. The summed E-state index contributed by atoms with van der Waals surface area (Å²) >= 11 is 0. The van der Waals surface area contributed by atoms with Crippen molar-refractivity contribution in [2.45, 2.75) is 6.54 Å². The number of rotatable bonds is 6. The van der Waals surface area contributed by atoms with E-state index in [9.17, 15) is 9.90 Å². The molecule has 110 valence electrons. The lowest BCUT2D eigenvalue weighted by atomic mass is 10.1. The lowest BCUT2D eigenvalue weighted by Gasteiger charge is -2.23. The average molecular weight is 287 g/mol. The highest BCUT2D eigenvalue weighted by molar-refractivity contribution is 5.73. The van der Waals surface area contributed by atoms with Crippen LogP contribution < -0.4 is 9.64 Å². The van der Waals surface area contributed by atoms with Crippen LogP contribution in [0.15, 0.2) is 48.5 Å². The van der Waals surface area contributed by atoms with Crippen LogP contribution in [0.5, 0.6) is 11.5 Å². The van der Waals surface area contributed by atoms with E-state index in [-0.39, 0.29) is 12.3 Å². The van der Waals surface area contributed by atoms with Gasteiger partial charge in [-0.1, -0.05) is 24.3 Å². The van der Waals surface area contributed by atoms with Crippen LogP contribution >= 0.6 is 0 Å². The van der Waals surface area contributed by atoms with E-state index in [1.54, 1.807) is 23.1 Å². The number of ether oxygens (including phenoxy) is 1. The highest BCUT2D eigenvalue weighted by atomic mass is 16.5. The molecule has 0 amide bonds. The monoisotopic (exact) mass is 287 g/mol. The fraction of sp³-hybridized carbons (Fsp3) is 0.188. The summed E-state index contributed by atoms with van der Waals surface area (Å²) in [5.74, 6) is -0.474. The second-order valence-corrected chi connectivity index (χ2v) is 4.59. The fourth-order valence-electron chi connectivity index (χ4n) is 2.09. The van der Waals surface area contributed by atoms with Gasteiger partial charge in [-0.05, 0) is 29.8 Å². The van der Waals surface area contributed by atoms with Crippen molar-refractivity contribution in [3.05, 3.63) is 54.1 Å². The number of phenols is 1. The Hall–Kier alpha value is -2.69. The molecule has 0 bridgehead atoms. The normalized spacial score (nSPS) is 10.1. The molecule has 0 saturated heterocycles. The van der Waals surface area contributed by atoms with Gasteiger partial charge in [0.05, 0.1) is 7.11 Å². The molecule has 2 rings (SSSR count). The Morgan fingerprint density at radius 1 is 1.19 bits per heavy atom. The summed E-state index contributed by atoms with van der Waals surface area (Å²) in [5, 5.41) is 18.8. The Labute approximate surface area is 123 Å². The molecule has 2 N–H and O–H groups in total. The first-order chi connectivity index (χ1) is 10.1. The van der Waals surface area contributed by atoms with Gasteiger partial charge >= 0.3 is 5.97 Å². The van der Waals surface area contributed by atoms with Gasteiger partial charge in [-0.2, -0.15) is 0 Å². The number of methoxy groups -OCH3 is 1. The van der Waals surface area contributed by atoms with Gasteiger partial charge in [-0.3, -0.25) is 4.79 Å². The van der Waals surface area contributed by atoms with Crippen molar-refractivity contribution in [1.29, 1.82) is 0 Å². The van der Waals surface area contributed by atoms with E-state index in [1.807, 2.05) is 30.3 Å². The molecule has 2 aromatic rings. The first-order valence-corrected chi connectivity index (χ1v) is 6.48. The molecule has 0 unspecified atom stereocenters. The number of hydrogen-bond acceptors (Lipinski definition) is 4. The van der Waals surface area contributed by atoms with E-state index in [0.29, 0.717) is 12.3 Å². The maximum Gasteiger partial charge on any atom is 0.323 e. The molecule has 0 atom stereocenters. The van der Waals surface area contributed by atoms with Crippen molar-refractivity contribution in [2.75, 3.05) is 18.6 Å². The van der Waals surface area contributed by atoms with Gasteiger partial charge in [0.1, 0.15) is 6.54 Å². The van der Waals surface area contributed by atoms with Gasteiger partial charge in [0.15, 0.2) is 11.5 Å². The zero-order chi connectivity index (χ0) is 15.2. The number of benzene rings is 2. The third kappa shape index (κ3) is 3.89. The number of phenolic OH excluding ortho intramolecular Hbond substituents is 1. The molecule has 0 radical (unpaired) electrons. The topological polar surface area (TPSA) is 70.0 Å². The molecule has 0 aliphatic heterocycles. The Balaban J connectivity index is 2.23. The van der Waals surface area contributed by atoms with Crippen molar-refractivity contribution < 1.29 is 19.7 Å². The number of anilines is 1. The lowest BCUT2D eigenvalue weighted by molar-refractivity contribution is -0.135. The van der Waals surface area contributed by atoms with Crippen molar-refractivity contribution in [3.8, 4) is 11.5 Å². The molecule has 0 aliphatic rings. The molecule has 0 fully saturated rings. The van der Waals surface area contributed by atoms with E-state index < -0.39 is 5.97 Å². The maximum atomic E-state index is 11.0. The van der Waals surface area contributed by atoms with E-state index >= 15 is 0 Å². The summed E-state index contributed by atoms with van der Waals surface area (Å²) in [6, 6.07) is 14.3. The molecule has 5 nitrogen and oxygen atoms in total. The quantitative estimate of drug-likeness (QED) is 0.854. The van der Waals surface area contributed by atoms with Gasteiger partial charge in [0.25, 0.3) is 0 Å². The minimum Gasteiger partial charge on any atom is -0.504 e. The second kappa shape index (κ2) is 6.65. The van der Waals surface area contributed by atoms with Crippen LogP contribution in [0.1, 0.15) is 5.56 Å². The maximum absolute atomic E-state index is 11.0. The number of aliphatic carboxylic acids is 1. The number of aromatic hydroxyl groups is 1. The summed E-state index contributed by atoms with van der Waals surface area (Å²) in [6.45, 7) is 0.269. The van der Waals surface area contributed by atoms with E-state index in [0.717, 1.165) is 11.3 Å². The number of hydrogen-bond donors (Lipinski definition) is 2. The summed E-state index contributed by atoms with van der Waals surface area (Å²) in [6.07, 6.45) is 0. The highest BCUT2D eigenvalue weighted by Gasteiger charge is 2.12. The Kier molecular flexibility index (Phi) is 4.66. The van der Waals surface area contributed by atoms with E-state index in [1.165, 1.54) is 7.11 Å². The number of nitrogens with zero attached hydrogens (tertiary/aromatic N) is 1. The van der Waals surface area contributed by atoms with Crippen molar-refractivity contribution in [1.82, 2.24) is 0 Å². The molecule has 21 heavy (non-hydrogen) atoms. The third-order valence-corrected chi connectivity index (χ3v) is 3.06. The van der Waals surface area contributed by atoms with Gasteiger partial charge < -0.3 is 19.8 Å². The highest BCUT2D eigenvalue weighted by Crippen LogP contribution is 2.27. The third-order valence-electron chi connectivity index (χ3n) is 3.06. The molecule has 0 saturated carbocycles. The summed E-state index contributed by atoms with van der Waals surface area (Å²) in [4.78, 5) is 12.8. The van der Waals surface area contributed by atoms with Crippen LogP contribution in [0.3, 0.4) is 0 Å². The molecule has 0 spiro atoms. The molecule has 0 heterocycles. The Morgan fingerprint density at radius 3 is 2.48 bits per heavy atom. The van der Waals surface area contributed by atoms with E-state index in [2.05, 4.69) is 0 Å². The summed E-state index contributed by atoms with van der Waals surface area (Å²) < 4.78 is 5.00. The van der Waals surface area contributed by atoms with E-state index in [4.69, 9.17) is 9.84 Å². The molecule has 2 aromatic carbocycles. The average Bonchev–Trinajstić information content (AvgIpc) is 2.47. The first-order valence-electron chi connectivity index (χ1n) is 6.48. The number of carboxylic acids is 1. The van der Waals surface area contributed by atoms with Gasteiger partial charge in [0, 0.05) is 12.2 Å². The van der Waals surface area contributed by atoms with Crippen LogP contribution in [0.2, 0.25) is 0 Å². The van der Waals surface area contributed by atoms with Crippen molar-refractivity contribution in [3.63, 3.8) is 0 Å². The minimum absolute atomic E-state index is 0.0401. The predicted octanol–water partition coefficient (Wildman–Crippen LogP) is 2.49. The Morgan fingerprint density at radius 2 is 1.90 bits per heavy atom. The van der Waals surface area contributed by atoms with Gasteiger partial charge in [-0.25, -0.2) is 0 Å². The standard InChI is InChI=1S/C16H17NO4/c1-21-15-8-7-12(9-14(15)18)10-17(11-16(19)20)13-5-3-2-4-6-13/h2-9,18H,10-11H2,1H3,(H,19,20). The predicted molar refractivity (Wildman–Crippen MR) is 79.8 cm³/mol. The lowest BCUT2D eigenvalue weighted by Crippen LogP contribution is -2.29. The van der Waals surface area contributed by atoms with Crippen LogP contribution in [-0.4, -0.2) is 29.8 Å². The van der Waals surface area contributed by atoms with Gasteiger partial charge in [0.2, 0.25) is 0 Å². The number of carboxylic acid groups (broad SMARTS) is 1. The SMILES string of the molecule is COc1ccc(CN(CC(=O)O)c2ccccc2)cc1O. The molecule has 0 aliphatic carbocycles. The van der Waals surface area contributed by atoms with Crippen molar-refractivity contribution >= 4 is 11.7 Å². The molecular formula is C16H17NO4. The van der Waals surface area contributed by atoms with Gasteiger partial charge in [-0.15, -0.1) is 0 Å². The zero-order valence-electron chi connectivity index (χ0n) is 11.7. The van der Waals surface area contributed by atoms with Crippen molar-refractivity contribution in [2.24, 2.45) is 0 Å². The summed E-state index contributed by atoms with van der Waals surface area (Å²) in [5.41, 5.74) is 1.62. The first kappa shape index (κ1) is 14.7. The smallest absolute Gasteiger partial charge is 0.323 e. The summed E-state index contributed by atoms with van der Waals surface area (Å²) in [7, 11) is 1.48. The number of carbonyl (C=O) groups is 1. The molecule has 5 heteroatoms. The zero-order valence-corrected chi connectivity index (χ0v) is 11.7. The van der Waals surface area contributed by atoms with Crippen LogP contribution in [0, 0.1) is 0 Å². The Bertz CT molecular complexity index is 613. The van der Waals surface area contributed by atoms with Crippen LogP contribution in [0.4, 0.5) is 5.69 Å². The van der Waals surface area contributed by atoms with Crippen LogP contribution in [-0.2, 0) is 11.3 Å². The van der Waals surface area contributed by atoms with Crippen LogP contribution in [0.25, 0.3) is 0 Å². The minimum atomic E-state index is -0.906. The molecule has 0 aromatic heterocycles. The number of para-hydroxylation sites is 1. The second-order valence-electron chi connectivity index (χ2n) is 4.59. The largest absolute Gasteiger partial charge is 0.504 e. The fourth-order valence-corrected chi connectivity index (χ4v) is 2.09.